The molecule has 0 radical (unpaired) electrons. The summed E-state index contributed by atoms with van der Waals surface area (Å²) in [6.45, 7) is 0.816. The van der Waals surface area contributed by atoms with Gasteiger partial charge in [-0.05, 0) is 18.2 Å². The third-order valence-electron chi connectivity index (χ3n) is 2.36. The van der Waals surface area contributed by atoms with E-state index >= 15 is 0 Å². The van der Waals surface area contributed by atoms with Crippen molar-refractivity contribution in [2.45, 2.75) is 0 Å². The minimum Gasteiger partial charge on any atom is -0.495 e. The lowest BCUT2D eigenvalue weighted by Crippen LogP contribution is -2.21. The maximum atomic E-state index is 11.8. The molecule has 0 saturated carbocycles. The second-order valence-corrected chi connectivity index (χ2v) is 3.61. The van der Waals surface area contributed by atoms with Crippen molar-refractivity contribution >= 4 is 17.3 Å². The van der Waals surface area contributed by atoms with Crippen LogP contribution in [0.15, 0.2) is 30.2 Å². The molecule has 1 heterocycles. The summed E-state index contributed by atoms with van der Waals surface area (Å²) in [6.07, 6.45) is 1.30. The Kier molecular flexibility index (Phi) is 3.57. The van der Waals surface area contributed by atoms with Crippen LogP contribution in [-0.2, 0) is 14.3 Å². The summed E-state index contributed by atoms with van der Waals surface area (Å²) in [5.74, 6) is 0.333. The van der Waals surface area contributed by atoms with Crippen LogP contribution in [0.5, 0.6) is 5.75 Å². The minimum atomic E-state index is -0.376. The van der Waals surface area contributed by atoms with Crippen molar-refractivity contribution in [2.24, 2.45) is 0 Å². The largest absolute Gasteiger partial charge is 0.495 e. The van der Waals surface area contributed by atoms with Crippen LogP contribution in [0.1, 0.15) is 0 Å². The van der Waals surface area contributed by atoms with E-state index in [0.29, 0.717) is 30.3 Å². The molecule has 0 aliphatic carbocycles. The van der Waals surface area contributed by atoms with E-state index in [1.165, 1.54) is 13.4 Å². The Morgan fingerprint density at radius 1 is 1.44 bits per heavy atom. The van der Waals surface area contributed by atoms with E-state index in [9.17, 15) is 4.79 Å². The van der Waals surface area contributed by atoms with Gasteiger partial charge in [-0.15, -0.1) is 0 Å². The summed E-state index contributed by atoms with van der Waals surface area (Å²) in [6, 6.07) is 4.98. The zero-order valence-electron chi connectivity index (χ0n) is 9.93. The molecule has 1 aromatic rings. The summed E-state index contributed by atoms with van der Waals surface area (Å²) in [7, 11) is 1.53. The molecule has 0 spiro atoms. The Hall–Kier alpha value is -2.37. The number of hydrogen-bond acceptors (Lipinski definition) is 5. The molecule has 3 N–H and O–H groups in total. The van der Waals surface area contributed by atoms with E-state index in [4.69, 9.17) is 19.9 Å². The van der Waals surface area contributed by atoms with Crippen LogP contribution in [0.3, 0.4) is 0 Å². The van der Waals surface area contributed by atoms with Gasteiger partial charge in [0.15, 0.2) is 0 Å². The lowest BCUT2D eigenvalue weighted by molar-refractivity contribution is -0.117. The van der Waals surface area contributed by atoms with E-state index in [-0.39, 0.29) is 11.7 Å². The SMILES string of the molecule is COc1ccc(NC(=O)C2=COCCO2)cc1N. The number of nitrogen functional groups attached to an aromatic ring is 1. The molecule has 1 aromatic carbocycles. The zero-order chi connectivity index (χ0) is 13.0. The number of carbonyl (C=O) groups is 1. The molecular weight excluding hydrogens is 236 g/mol. The van der Waals surface area contributed by atoms with Crippen LogP contribution in [0.4, 0.5) is 11.4 Å². The fourth-order valence-electron chi connectivity index (χ4n) is 1.49. The monoisotopic (exact) mass is 250 g/mol. The van der Waals surface area contributed by atoms with Crippen molar-refractivity contribution in [3.8, 4) is 5.75 Å². The van der Waals surface area contributed by atoms with Gasteiger partial charge in [0.2, 0.25) is 5.76 Å². The molecule has 1 amide bonds. The molecule has 0 bridgehead atoms. The summed E-state index contributed by atoms with van der Waals surface area (Å²) in [4.78, 5) is 11.8. The van der Waals surface area contributed by atoms with Gasteiger partial charge in [-0.3, -0.25) is 4.79 Å². The molecule has 6 heteroatoms. The number of hydrogen-bond donors (Lipinski definition) is 2. The molecule has 0 saturated heterocycles. The second-order valence-electron chi connectivity index (χ2n) is 3.61. The van der Waals surface area contributed by atoms with Gasteiger partial charge in [0.1, 0.15) is 25.2 Å². The highest BCUT2D eigenvalue weighted by Gasteiger charge is 2.15. The first kappa shape index (κ1) is 12.1. The average molecular weight is 250 g/mol. The topological polar surface area (TPSA) is 82.8 Å². The minimum absolute atomic E-state index is 0.149. The van der Waals surface area contributed by atoms with Crippen molar-refractivity contribution in [2.75, 3.05) is 31.4 Å². The lowest BCUT2D eigenvalue weighted by Gasteiger charge is -2.15. The van der Waals surface area contributed by atoms with E-state index in [2.05, 4.69) is 5.32 Å². The summed E-state index contributed by atoms with van der Waals surface area (Å²) >= 11 is 0. The van der Waals surface area contributed by atoms with Crippen molar-refractivity contribution in [3.63, 3.8) is 0 Å². The first-order valence-corrected chi connectivity index (χ1v) is 5.40. The predicted octanol–water partition coefficient (Wildman–Crippen LogP) is 1.10. The fourth-order valence-corrected chi connectivity index (χ4v) is 1.49. The highest BCUT2D eigenvalue weighted by atomic mass is 16.6. The zero-order valence-corrected chi connectivity index (χ0v) is 9.93. The van der Waals surface area contributed by atoms with Crippen LogP contribution in [0.25, 0.3) is 0 Å². The van der Waals surface area contributed by atoms with Gasteiger partial charge < -0.3 is 25.3 Å². The molecule has 96 valence electrons. The standard InChI is InChI=1S/C12H14N2O4/c1-16-10-3-2-8(6-9(10)13)14-12(15)11-7-17-4-5-18-11/h2-3,6-7H,4-5,13H2,1H3,(H,14,15). The van der Waals surface area contributed by atoms with E-state index in [0.717, 1.165) is 0 Å². The number of amides is 1. The van der Waals surface area contributed by atoms with Crippen LogP contribution in [-0.4, -0.2) is 26.2 Å². The number of benzene rings is 1. The Morgan fingerprint density at radius 2 is 2.28 bits per heavy atom. The number of methoxy groups -OCH3 is 1. The van der Waals surface area contributed by atoms with Gasteiger partial charge in [0.05, 0.1) is 12.8 Å². The van der Waals surface area contributed by atoms with E-state index in [1.54, 1.807) is 18.2 Å². The van der Waals surface area contributed by atoms with Crippen molar-refractivity contribution in [1.82, 2.24) is 0 Å². The third-order valence-corrected chi connectivity index (χ3v) is 2.36. The fraction of sp³-hybridized carbons (Fsp3) is 0.250. The normalized spacial score (nSPS) is 13.9. The quantitative estimate of drug-likeness (QED) is 0.785. The van der Waals surface area contributed by atoms with Crippen LogP contribution in [0, 0.1) is 0 Å². The van der Waals surface area contributed by atoms with Gasteiger partial charge in [-0.25, -0.2) is 0 Å². The maximum Gasteiger partial charge on any atom is 0.294 e. The number of ether oxygens (including phenoxy) is 3. The summed E-state index contributed by atoms with van der Waals surface area (Å²) < 4.78 is 15.2. The van der Waals surface area contributed by atoms with Gasteiger partial charge in [-0.1, -0.05) is 0 Å². The van der Waals surface area contributed by atoms with Gasteiger partial charge in [-0.2, -0.15) is 0 Å². The predicted molar refractivity (Wildman–Crippen MR) is 66.0 cm³/mol. The molecule has 0 aromatic heterocycles. The van der Waals surface area contributed by atoms with Gasteiger partial charge in [0.25, 0.3) is 5.91 Å². The summed E-state index contributed by atoms with van der Waals surface area (Å²) in [5, 5.41) is 2.66. The highest BCUT2D eigenvalue weighted by Crippen LogP contribution is 2.24. The number of nitrogens with one attached hydrogen (secondary N) is 1. The van der Waals surface area contributed by atoms with Gasteiger partial charge in [0, 0.05) is 5.69 Å². The number of anilines is 2. The number of carbonyl (C=O) groups excluding carboxylic acids is 1. The molecule has 6 nitrogen and oxygen atoms in total. The molecule has 1 aliphatic rings. The van der Waals surface area contributed by atoms with Crippen molar-refractivity contribution in [1.29, 1.82) is 0 Å². The summed E-state index contributed by atoms with van der Waals surface area (Å²) in [5.41, 5.74) is 6.75. The third kappa shape index (κ3) is 2.65. The Labute approximate surface area is 104 Å². The average Bonchev–Trinajstić information content (AvgIpc) is 2.40. The molecule has 2 rings (SSSR count). The number of rotatable bonds is 3. The smallest absolute Gasteiger partial charge is 0.294 e. The number of nitrogens with two attached hydrogens (primary N) is 1. The van der Waals surface area contributed by atoms with E-state index < -0.39 is 0 Å². The Bertz CT molecular complexity index is 485. The molecule has 1 aliphatic heterocycles. The van der Waals surface area contributed by atoms with E-state index in [1.807, 2.05) is 0 Å². The van der Waals surface area contributed by atoms with Crippen LogP contribution in [0.2, 0.25) is 0 Å². The van der Waals surface area contributed by atoms with Crippen molar-refractivity contribution < 1.29 is 19.0 Å². The molecular formula is C12H14N2O4. The second kappa shape index (κ2) is 5.31. The lowest BCUT2D eigenvalue weighted by atomic mass is 10.2. The molecule has 18 heavy (non-hydrogen) atoms. The molecule has 0 unspecified atom stereocenters. The Morgan fingerprint density at radius 3 is 2.89 bits per heavy atom. The maximum absolute atomic E-state index is 11.8. The first-order valence-electron chi connectivity index (χ1n) is 5.40. The molecule has 0 fully saturated rings. The van der Waals surface area contributed by atoms with Gasteiger partial charge >= 0.3 is 0 Å². The first-order chi connectivity index (χ1) is 8.70. The van der Waals surface area contributed by atoms with Crippen LogP contribution >= 0.6 is 0 Å². The Balaban J connectivity index is 2.07. The van der Waals surface area contributed by atoms with Crippen molar-refractivity contribution in [3.05, 3.63) is 30.2 Å². The molecule has 0 atom stereocenters. The highest BCUT2D eigenvalue weighted by molar-refractivity contribution is 6.02. The van der Waals surface area contributed by atoms with Crippen LogP contribution < -0.4 is 15.8 Å².